The maximum absolute atomic E-state index is 10.5. The predicted octanol–water partition coefficient (Wildman–Crippen LogP) is 3.84. The molecule has 0 aliphatic heterocycles. The second-order valence-corrected chi connectivity index (χ2v) is 4.88. The zero-order chi connectivity index (χ0) is 13.9. The summed E-state index contributed by atoms with van der Waals surface area (Å²) in [5.41, 5.74) is 0. The van der Waals surface area contributed by atoms with Crippen LogP contribution in [0.2, 0.25) is 0 Å². The van der Waals surface area contributed by atoms with Crippen LogP contribution in [0.1, 0.15) is 81.3 Å². The van der Waals surface area contributed by atoms with Gasteiger partial charge in [-0.2, -0.15) is 0 Å². The lowest BCUT2D eigenvalue weighted by Crippen LogP contribution is -1.95. The predicted molar refractivity (Wildman–Crippen MR) is 72.2 cm³/mol. The maximum atomic E-state index is 10.5. The number of aryl methyl sites for hydroxylation is 1. The quantitative estimate of drug-likeness (QED) is 0.617. The van der Waals surface area contributed by atoms with Crippen LogP contribution in [0.25, 0.3) is 0 Å². The summed E-state index contributed by atoms with van der Waals surface area (Å²) >= 11 is 0. The van der Waals surface area contributed by atoms with Crippen LogP contribution in [0.5, 0.6) is 0 Å². The van der Waals surface area contributed by atoms with Crippen molar-refractivity contribution in [2.75, 3.05) is 0 Å². The van der Waals surface area contributed by atoms with Crippen LogP contribution < -0.4 is 0 Å². The number of hydrogen-bond donors (Lipinski definition) is 1. The minimum atomic E-state index is -1.16. The third-order valence-electron chi connectivity index (χ3n) is 3.14. The van der Waals surface area contributed by atoms with Crippen LogP contribution in [-0.4, -0.2) is 21.3 Å². The van der Waals surface area contributed by atoms with Crippen molar-refractivity contribution in [3.63, 3.8) is 0 Å². The van der Waals surface area contributed by atoms with Gasteiger partial charge in [-0.3, -0.25) is 0 Å². The Morgan fingerprint density at radius 1 is 1.00 bits per heavy atom. The van der Waals surface area contributed by atoms with Gasteiger partial charge in [0.15, 0.2) is 0 Å². The van der Waals surface area contributed by atoms with Gasteiger partial charge in [-0.1, -0.05) is 58.3 Å². The van der Waals surface area contributed by atoms with E-state index in [0.717, 1.165) is 12.8 Å². The average molecular weight is 268 g/mol. The van der Waals surface area contributed by atoms with Gasteiger partial charge in [0.1, 0.15) is 0 Å². The van der Waals surface area contributed by atoms with E-state index in [9.17, 15) is 4.79 Å². The van der Waals surface area contributed by atoms with Gasteiger partial charge in [0, 0.05) is 6.42 Å². The van der Waals surface area contributed by atoms with Gasteiger partial charge in [-0.25, -0.2) is 4.79 Å². The molecule has 108 valence electrons. The molecule has 0 aliphatic rings. The molecule has 1 heterocycles. The van der Waals surface area contributed by atoms with E-state index in [-0.39, 0.29) is 5.89 Å². The molecule has 1 rings (SSSR count). The number of carboxylic acid groups (broad SMARTS) is 1. The van der Waals surface area contributed by atoms with E-state index < -0.39 is 5.97 Å². The van der Waals surface area contributed by atoms with E-state index in [1.54, 1.807) is 0 Å². The first kappa shape index (κ1) is 15.7. The van der Waals surface area contributed by atoms with Gasteiger partial charge in [0.05, 0.1) is 0 Å². The number of unbranched alkanes of at least 4 members (excludes halogenated alkanes) is 8. The second-order valence-electron chi connectivity index (χ2n) is 4.88. The fraction of sp³-hybridized carbons (Fsp3) is 0.786. The number of aromatic nitrogens is 2. The number of rotatable bonds is 11. The molecule has 0 saturated heterocycles. The molecule has 0 bridgehead atoms. The SMILES string of the molecule is CCCCCCCCCCCc1nnc(C(=O)O)o1. The van der Waals surface area contributed by atoms with E-state index >= 15 is 0 Å². The van der Waals surface area contributed by atoms with Crippen LogP contribution in [0.3, 0.4) is 0 Å². The van der Waals surface area contributed by atoms with Crippen molar-refractivity contribution < 1.29 is 14.3 Å². The number of aromatic carboxylic acids is 1. The standard InChI is InChI=1S/C14H24N2O3/c1-2-3-4-5-6-7-8-9-10-11-12-15-16-13(19-12)14(17)18/h2-11H2,1H3,(H,17,18). The molecule has 0 atom stereocenters. The van der Waals surface area contributed by atoms with Crippen LogP contribution >= 0.6 is 0 Å². The van der Waals surface area contributed by atoms with Crippen molar-refractivity contribution >= 4 is 5.97 Å². The molecular weight excluding hydrogens is 244 g/mol. The molecule has 0 saturated carbocycles. The third-order valence-corrected chi connectivity index (χ3v) is 3.14. The van der Waals surface area contributed by atoms with Gasteiger partial charge in [0.25, 0.3) is 0 Å². The number of carboxylic acids is 1. The third kappa shape index (κ3) is 6.94. The second kappa shape index (κ2) is 9.53. The highest BCUT2D eigenvalue weighted by Crippen LogP contribution is 2.11. The fourth-order valence-corrected chi connectivity index (χ4v) is 2.03. The summed E-state index contributed by atoms with van der Waals surface area (Å²) in [6.45, 7) is 2.23. The van der Waals surface area contributed by atoms with Gasteiger partial charge >= 0.3 is 11.9 Å². The van der Waals surface area contributed by atoms with Gasteiger partial charge in [0.2, 0.25) is 5.89 Å². The molecule has 0 aliphatic carbocycles. The number of nitrogens with zero attached hydrogens (tertiary/aromatic N) is 2. The minimum absolute atomic E-state index is 0.314. The van der Waals surface area contributed by atoms with Crippen LogP contribution in [0.4, 0.5) is 0 Å². The zero-order valence-electron chi connectivity index (χ0n) is 11.7. The molecule has 0 amide bonds. The van der Waals surface area contributed by atoms with Crippen molar-refractivity contribution in [3.8, 4) is 0 Å². The summed E-state index contributed by atoms with van der Waals surface area (Å²) in [7, 11) is 0. The van der Waals surface area contributed by atoms with Crippen molar-refractivity contribution in [1.82, 2.24) is 10.2 Å². The van der Waals surface area contributed by atoms with Crippen molar-refractivity contribution in [2.24, 2.45) is 0 Å². The lowest BCUT2D eigenvalue weighted by Gasteiger charge is -2.00. The zero-order valence-corrected chi connectivity index (χ0v) is 11.7. The Labute approximate surface area is 114 Å². The molecule has 5 heteroatoms. The maximum Gasteiger partial charge on any atom is 0.393 e. The van der Waals surface area contributed by atoms with E-state index in [4.69, 9.17) is 9.52 Å². The Morgan fingerprint density at radius 2 is 1.58 bits per heavy atom. The lowest BCUT2D eigenvalue weighted by molar-refractivity contribution is 0.0651. The summed E-state index contributed by atoms with van der Waals surface area (Å²) < 4.78 is 5.00. The smallest absolute Gasteiger partial charge is 0.393 e. The molecular formula is C14H24N2O3. The Bertz CT molecular complexity index is 363. The highest BCUT2D eigenvalue weighted by atomic mass is 16.4. The molecule has 0 spiro atoms. The molecule has 1 aromatic heterocycles. The van der Waals surface area contributed by atoms with Gasteiger partial charge < -0.3 is 9.52 Å². The summed E-state index contributed by atoms with van der Waals surface area (Å²) in [6, 6.07) is 0. The van der Waals surface area contributed by atoms with Crippen LogP contribution in [-0.2, 0) is 6.42 Å². The normalized spacial score (nSPS) is 10.8. The highest BCUT2D eigenvalue weighted by molar-refractivity contribution is 5.81. The lowest BCUT2D eigenvalue weighted by atomic mass is 10.1. The Kier molecular flexibility index (Phi) is 7.86. The molecule has 0 fully saturated rings. The van der Waals surface area contributed by atoms with Crippen molar-refractivity contribution in [3.05, 3.63) is 11.8 Å². The monoisotopic (exact) mass is 268 g/mol. The Balaban J connectivity index is 1.97. The summed E-state index contributed by atoms with van der Waals surface area (Å²) in [5, 5.41) is 15.8. The van der Waals surface area contributed by atoms with Gasteiger partial charge in [-0.05, 0) is 6.42 Å². The van der Waals surface area contributed by atoms with Crippen LogP contribution in [0, 0.1) is 0 Å². The summed E-state index contributed by atoms with van der Waals surface area (Å²) in [6.07, 6.45) is 12.0. The van der Waals surface area contributed by atoms with E-state index in [2.05, 4.69) is 17.1 Å². The van der Waals surface area contributed by atoms with E-state index in [1.807, 2.05) is 0 Å². The molecule has 19 heavy (non-hydrogen) atoms. The van der Waals surface area contributed by atoms with Crippen molar-refractivity contribution in [2.45, 2.75) is 71.1 Å². The Hall–Kier alpha value is -1.39. The highest BCUT2D eigenvalue weighted by Gasteiger charge is 2.12. The van der Waals surface area contributed by atoms with E-state index in [1.165, 1.54) is 44.9 Å². The molecule has 0 radical (unpaired) electrons. The molecule has 1 aromatic rings. The fourth-order valence-electron chi connectivity index (χ4n) is 2.03. The minimum Gasteiger partial charge on any atom is -0.474 e. The molecule has 0 unspecified atom stereocenters. The molecule has 1 N–H and O–H groups in total. The van der Waals surface area contributed by atoms with Crippen molar-refractivity contribution in [1.29, 1.82) is 0 Å². The topological polar surface area (TPSA) is 76.2 Å². The first-order valence-corrected chi connectivity index (χ1v) is 7.29. The number of hydrogen-bond acceptors (Lipinski definition) is 4. The first-order chi connectivity index (χ1) is 9.24. The first-order valence-electron chi connectivity index (χ1n) is 7.29. The molecule has 5 nitrogen and oxygen atoms in total. The summed E-state index contributed by atoms with van der Waals surface area (Å²) in [5.74, 6) is -1.04. The Morgan fingerprint density at radius 3 is 2.11 bits per heavy atom. The number of carbonyl (C=O) groups is 1. The largest absolute Gasteiger partial charge is 0.474 e. The van der Waals surface area contributed by atoms with Gasteiger partial charge in [-0.15, -0.1) is 10.2 Å². The average Bonchev–Trinajstić information content (AvgIpc) is 2.86. The van der Waals surface area contributed by atoms with Crippen LogP contribution in [0.15, 0.2) is 4.42 Å². The summed E-state index contributed by atoms with van der Waals surface area (Å²) in [4.78, 5) is 10.5. The molecule has 0 aromatic carbocycles. The van der Waals surface area contributed by atoms with E-state index in [0.29, 0.717) is 12.3 Å².